The number of nitrogens with one attached hydrogen (secondary N) is 2. The molecule has 0 radical (unpaired) electrons. The summed E-state index contributed by atoms with van der Waals surface area (Å²) in [6.45, 7) is 0.119. The molecular weight excluding hydrogens is 372 g/mol. The van der Waals surface area contributed by atoms with E-state index in [1.54, 1.807) is 12.1 Å². The molecule has 1 aliphatic rings. The van der Waals surface area contributed by atoms with Crippen LogP contribution in [0.5, 0.6) is 5.75 Å². The predicted molar refractivity (Wildman–Crippen MR) is 108 cm³/mol. The summed E-state index contributed by atoms with van der Waals surface area (Å²) in [6, 6.07) is 14.8. The Morgan fingerprint density at radius 2 is 1.90 bits per heavy atom. The van der Waals surface area contributed by atoms with Crippen LogP contribution in [0.1, 0.15) is 24.0 Å². The number of fused-ring (bicyclic) bond motifs is 1. The second-order valence-corrected chi connectivity index (χ2v) is 7.01. The van der Waals surface area contributed by atoms with Gasteiger partial charge < -0.3 is 20.5 Å². The van der Waals surface area contributed by atoms with Gasteiger partial charge in [0.25, 0.3) is 0 Å². The Balaban J connectivity index is 1.37. The number of amides is 2. The highest BCUT2D eigenvalue weighted by atomic mass is 16.5. The molecule has 29 heavy (non-hydrogen) atoms. The Morgan fingerprint density at radius 1 is 1.14 bits per heavy atom. The lowest BCUT2D eigenvalue weighted by atomic mass is 9.89. The zero-order valence-electron chi connectivity index (χ0n) is 16.0. The minimum Gasteiger partial charge on any atom is -0.482 e. The van der Waals surface area contributed by atoms with E-state index in [1.807, 2.05) is 36.4 Å². The monoisotopic (exact) mass is 396 g/mol. The van der Waals surface area contributed by atoms with Crippen LogP contribution in [0.4, 0.5) is 5.69 Å². The lowest BCUT2D eigenvalue weighted by molar-refractivity contribution is -0.139. The van der Waals surface area contributed by atoms with Gasteiger partial charge in [-0.1, -0.05) is 30.3 Å². The van der Waals surface area contributed by atoms with Gasteiger partial charge in [-0.25, -0.2) is 4.79 Å². The van der Waals surface area contributed by atoms with Gasteiger partial charge in [-0.05, 0) is 48.6 Å². The summed E-state index contributed by atoms with van der Waals surface area (Å²) >= 11 is 0. The summed E-state index contributed by atoms with van der Waals surface area (Å²) in [5.74, 6) is -0.812. The van der Waals surface area contributed by atoms with E-state index in [0.717, 1.165) is 16.8 Å². The number of rotatable bonds is 9. The van der Waals surface area contributed by atoms with E-state index in [2.05, 4.69) is 10.6 Å². The molecule has 7 heteroatoms. The van der Waals surface area contributed by atoms with Crippen LogP contribution in [0.25, 0.3) is 0 Å². The molecule has 3 N–H and O–H groups in total. The Kier molecular flexibility index (Phi) is 6.84. The van der Waals surface area contributed by atoms with E-state index >= 15 is 0 Å². The van der Waals surface area contributed by atoms with Crippen molar-refractivity contribution in [2.45, 2.75) is 25.7 Å². The Labute approximate surface area is 169 Å². The molecule has 7 nitrogen and oxygen atoms in total. The van der Waals surface area contributed by atoms with Crippen LogP contribution in [0, 0.1) is 5.92 Å². The standard InChI is InChI=1S/C22H24N2O5/c25-20(10-7-17-13-16-3-1-2-4-19(16)24-22(17)28)23-12-11-15-5-8-18(9-6-15)29-14-21(26)27/h1-6,8-9,17H,7,10-14H2,(H,23,25)(H,24,28)(H,26,27). The highest BCUT2D eigenvalue weighted by Gasteiger charge is 2.26. The van der Waals surface area contributed by atoms with Crippen LogP contribution in [-0.4, -0.2) is 36.0 Å². The van der Waals surface area contributed by atoms with Gasteiger partial charge in [0.2, 0.25) is 11.8 Å². The van der Waals surface area contributed by atoms with Gasteiger partial charge >= 0.3 is 5.97 Å². The Hall–Kier alpha value is -3.35. The highest BCUT2D eigenvalue weighted by Crippen LogP contribution is 2.27. The number of carboxylic acid groups (broad SMARTS) is 1. The molecule has 2 aromatic rings. The number of para-hydroxylation sites is 1. The SMILES string of the molecule is O=C(O)COc1ccc(CCNC(=O)CCC2Cc3ccccc3NC2=O)cc1. The van der Waals surface area contributed by atoms with Crippen LogP contribution in [0.15, 0.2) is 48.5 Å². The third kappa shape index (κ3) is 6.07. The molecule has 0 aliphatic carbocycles. The second kappa shape index (κ2) is 9.73. The molecule has 0 spiro atoms. The van der Waals surface area contributed by atoms with Gasteiger partial charge in [0.15, 0.2) is 6.61 Å². The fourth-order valence-electron chi connectivity index (χ4n) is 3.28. The first-order chi connectivity index (χ1) is 14.0. The largest absolute Gasteiger partial charge is 0.482 e. The summed E-state index contributed by atoms with van der Waals surface area (Å²) in [5, 5.41) is 14.4. The first kappa shape index (κ1) is 20.4. The first-order valence-electron chi connectivity index (χ1n) is 9.60. The smallest absolute Gasteiger partial charge is 0.341 e. The van der Waals surface area contributed by atoms with Crippen LogP contribution >= 0.6 is 0 Å². The highest BCUT2D eigenvalue weighted by molar-refractivity contribution is 5.96. The summed E-state index contributed by atoms with van der Waals surface area (Å²) in [6.07, 6.45) is 2.14. The first-order valence-corrected chi connectivity index (χ1v) is 9.60. The zero-order chi connectivity index (χ0) is 20.6. The molecule has 0 saturated carbocycles. The van der Waals surface area contributed by atoms with E-state index in [0.29, 0.717) is 38.0 Å². The average Bonchev–Trinajstić information content (AvgIpc) is 2.71. The summed E-state index contributed by atoms with van der Waals surface area (Å²) in [4.78, 5) is 34.8. The van der Waals surface area contributed by atoms with Gasteiger partial charge in [-0.2, -0.15) is 0 Å². The van der Waals surface area contributed by atoms with Gasteiger partial charge in [0.1, 0.15) is 5.75 Å². The Bertz CT molecular complexity index is 879. The fourth-order valence-corrected chi connectivity index (χ4v) is 3.28. The van der Waals surface area contributed by atoms with Crippen molar-refractivity contribution < 1.29 is 24.2 Å². The summed E-state index contributed by atoms with van der Waals surface area (Å²) in [5.41, 5.74) is 2.97. The number of hydrogen-bond donors (Lipinski definition) is 3. The Morgan fingerprint density at radius 3 is 2.66 bits per heavy atom. The molecule has 1 aliphatic heterocycles. The van der Waals surface area contributed by atoms with Gasteiger partial charge in [0.05, 0.1) is 0 Å². The number of carbonyl (C=O) groups is 3. The summed E-state index contributed by atoms with van der Waals surface area (Å²) in [7, 11) is 0. The quantitative estimate of drug-likeness (QED) is 0.604. The molecule has 2 aromatic carbocycles. The van der Waals surface area contributed by atoms with Crippen molar-refractivity contribution >= 4 is 23.5 Å². The molecule has 1 unspecified atom stereocenters. The van der Waals surface area contributed by atoms with Crippen LogP contribution in [0.3, 0.4) is 0 Å². The van der Waals surface area contributed by atoms with Crippen molar-refractivity contribution in [1.82, 2.24) is 5.32 Å². The van der Waals surface area contributed by atoms with Crippen molar-refractivity contribution in [3.05, 3.63) is 59.7 Å². The number of aliphatic carboxylic acids is 1. The molecule has 0 saturated heterocycles. The number of anilines is 1. The average molecular weight is 396 g/mol. The number of carbonyl (C=O) groups excluding carboxylic acids is 2. The topological polar surface area (TPSA) is 105 Å². The number of benzene rings is 2. The van der Waals surface area contributed by atoms with E-state index in [9.17, 15) is 14.4 Å². The molecule has 3 rings (SSSR count). The maximum absolute atomic E-state index is 12.2. The molecule has 0 bridgehead atoms. The number of carboxylic acids is 1. The predicted octanol–water partition coefficient (Wildman–Crippen LogP) is 2.40. The van der Waals surface area contributed by atoms with E-state index in [4.69, 9.17) is 9.84 Å². The van der Waals surface area contributed by atoms with Crippen LogP contribution < -0.4 is 15.4 Å². The molecule has 0 fully saturated rings. The molecule has 152 valence electrons. The van der Waals surface area contributed by atoms with Crippen molar-refractivity contribution in [1.29, 1.82) is 0 Å². The molecule has 1 heterocycles. The van der Waals surface area contributed by atoms with Gasteiger partial charge in [-0.15, -0.1) is 0 Å². The van der Waals surface area contributed by atoms with Gasteiger partial charge in [0, 0.05) is 24.6 Å². The summed E-state index contributed by atoms with van der Waals surface area (Å²) < 4.78 is 5.08. The zero-order valence-corrected chi connectivity index (χ0v) is 16.0. The van der Waals surface area contributed by atoms with Crippen LogP contribution in [0.2, 0.25) is 0 Å². The van der Waals surface area contributed by atoms with Crippen molar-refractivity contribution in [3.63, 3.8) is 0 Å². The lowest BCUT2D eigenvalue weighted by Gasteiger charge is -2.24. The minimum absolute atomic E-state index is 0.0262. The van der Waals surface area contributed by atoms with Crippen molar-refractivity contribution in [3.8, 4) is 5.75 Å². The van der Waals surface area contributed by atoms with E-state index in [-0.39, 0.29) is 24.3 Å². The molecule has 0 aromatic heterocycles. The maximum atomic E-state index is 12.2. The van der Waals surface area contributed by atoms with Crippen molar-refractivity contribution in [2.75, 3.05) is 18.5 Å². The number of ether oxygens (including phenoxy) is 1. The molecular formula is C22H24N2O5. The number of hydrogen-bond acceptors (Lipinski definition) is 4. The normalized spacial score (nSPS) is 15.2. The lowest BCUT2D eigenvalue weighted by Crippen LogP contribution is -2.32. The van der Waals surface area contributed by atoms with Crippen molar-refractivity contribution in [2.24, 2.45) is 5.92 Å². The van der Waals surface area contributed by atoms with E-state index in [1.165, 1.54) is 0 Å². The van der Waals surface area contributed by atoms with E-state index < -0.39 is 5.97 Å². The maximum Gasteiger partial charge on any atom is 0.341 e. The molecule has 1 atom stereocenters. The fraction of sp³-hybridized carbons (Fsp3) is 0.318. The molecule has 2 amide bonds. The third-order valence-electron chi connectivity index (χ3n) is 4.85. The second-order valence-electron chi connectivity index (χ2n) is 7.01. The minimum atomic E-state index is -1.02. The van der Waals surface area contributed by atoms with Gasteiger partial charge in [-0.3, -0.25) is 9.59 Å². The third-order valence-corrected chi connectivity index (χ3v) is 4.85. The van der Waals surface area contributed by atoms with Crippen LogP contribution in [-0.2, 0) is 27.2 Å².